The zero-order valence-corrected chi connectivity index (χ0v) is 18.7. The fraction of sp³-hybridized carbons (Fsp3) is 0.115. The number of hydrogen-bond donors (Lipinski definition) is 1. The first kappa shape index (κ1) is 22.3. The average molecular weight is 460 g/mol. The quantitative estimate of drug-likeness (QED) is 0.384. The number of esters is 1. The molecule has 1 atom stereocenters. The molecule has 0 aliphatic heterocycles. The van der Waals surface area contributed by atoms with Crippen LogP contribution in [0.25, 0.3) is 16.9 Å². The molecule has 4 rings (SSSR count). The average Bonchev–Trinajstić information content (AvgIpc) is 3.30. The highest BCUT2D eigenvalue weighted by molar-refractivity contribution is 6.30. The molecule has 33 heavy (non-hydrogen) atoms. The summed E-state index contributed by atoms with van der Waals surface area (Å²) in [6, 6.07) is 25.8. The maximum Gasteiger partial charge on any atom is 0.342 e. The topological polar surface area (TPSA) is 73.2 Å². The van der Waals surface area contributed by atoms with Crippen LogP contribution in [-0.4, -0.2) is 28.3 Å². The minimum atomic E-state index is -0.635. The van der Waals surface area contributed by atoms with Gasteiger partial charge in [0.1, 0.15) is 11.3 Å². The van der Waals surface area contributed by atoms with Crippen molar-refractivity contribution >= 4 is 23.5 Å². The molecular formula is C26H22ClN3O3. The van der Waals surface area contributed by atoms with Gasteiger partial charge >= 0.3 is 5.97 Å². The Morgan fingerprint density at radius 2 is 1.61 bits per heavy atom. The van der Waals surface area contributed by atoms with Crippen molar-refractivity contribution in [3.63, 3.8) is 0 Å². The van der Waals surface area contributed by atoms with Crippen LogP contribution >= 0.6 is 11.6 Å². The van der Waals surface area contributed by atoms with E-state index in [0.717, 1.165) is 11.3 Å². The molecule has 0 fully saturated rings. The number of nitrogens with zero attached hydrogens (tertiary/aromatic N) is 2. The summed E-state index contributed by atoms with van der Waals surface area (Å²) in [7, 11) is 0. The summed E-state index contributed by atoms with van der Waals surface area (Å²) in [6.45, 7) is 1.48. The summed E-state index contributed by atoms with van der Waals surface area (Å²) >= 11 is 6.01. The van der Waals surface area contributed by atoms with Crippen LogP contribution in [-0.2, 0) is 9.53 Å². The summed E-state index contributed by atoms with van der Waals surface area (Å²) in [6.07, 6.45) is 1.60. The summed E-state index contributed by atoms with van der Waals surface area (Å²) in [5, 5.41) is 8.00. The number of rotatable bonds is 7. The first-order chi connectivity index (χ1) is 16.0. The van der Waals surface area contributed by atoms with Crippen molar-refractivity contribution in [2.75, 3.05) is 6.61 Å². The minimum absolute atomic E-state index is 0.206. The Morgan fingerprint density at radius 1 is 0.970 bits per heavy atom. The Bertz CT molecular complexity index is 1240. The monoisotopic (exact) mass is 459 g/mol. The van der Waals surface area contributed by atoms with Gasteiger partial charge in [0.05, 0.1) is 11.7 Å². The number of amides is 1. The molecule has 0 saturated heterocycles. The van der Waals surface area contributed by atoms with Gasteiger partial charge in [-0.15, -0.1) is 0 Å². The highest BCUT2D eigenvalue weighted by Crippen LogP contribution is 2.26. The fourth-order valence-corrected chi connectivity index (χ4v) is 3.50. The molecule has 0 bridgehead atoms. The molecule has 1 amide bonds. The zero-order valence-electron chi connectivity index (χ0n) is 17.9. The van der Waals surface area contributed by atoms with Crippen molar-refractivity contribution in [1.82, 2.24) is 15.1 Å². The van der Waals surface area contributed by atoms with Crippen molar-refractivity contribution in [2.45, 2.75) is 13.0 Å². The highest BCUT2D eigenvalue weighted by Gasteiger charge is 2.21. The van der Waals surface area contributed by atoms with Gasteiger partial charge in [0.25, 0.3) is 5.91 Å². The first-order valence-electron chi connectivity index (χ1n) is 10.4. The van der Waals surface area contributed by atoms with Crippen LogP contribution in [0.15, 0.2) is 91.1 Å². The number of aromatic nitrogens is 2. The Hall–Kier alpha value is -3.90. The normalized spacial score (nSPS) is 11.6. The zero-order chi connectivity index (χ0) is 23.2. The predicted molar refractivity (Wildman–Crippen MR) is 127 cm³/mol. The number of benzene rings is 3. The van der Waals surface area contributed by atoms with Crippen LogP contribution in [0.4, 0.5) is 0 Å². The van der Waals surface area contributed by atoms with Gasteiger partial charge in [0, 0.05) is 16.8 Å². The van der Waals surface area contributed by atoms with Crippen molar-refractivity contribution < 1.29 is 14.3 Å². The van der Waals surface area contributed by atoms with Gasteiger partial charge in [-0.2, -0.15) is 5.10 Å². The molecule has 1 aromatic heterocycles. The SMILES string of the molecule is C[C@H](NC(=O)COC(=O)c1cn(-c2ccccc2)nc1-c1ccc(Cl)cc1)c1ccccc1. The molecule has 0 saturated carbocycles. The Kier molecular flexibility index (Phi) is 6.86. The number of para-hydroxylation sites is 1. The molecule has 4 aromatic rings. The van der Waals surface area contributed by atoms with E-state index >= 15 is 0 Å². The van der Waals surface area contributed by atoms with Crippen LogP contribution in [0.3, 0.4) is 0 Å². The Morgan fingerprint density at radius 3 is 2.27 bits per heavy atom. The molecule has 166 valence electrons. The second kappa shape index (κ2) is 10.1. The van der Waals surface area contributed by atoms with E-state index in [1.165, 1.54) is 0 Å². The summed E-state index contributed by atoms with van der Waals surface area (Å²) in [5.41, 5.74) is 3.17. The lowest BCUT2D eigenvalue weighted by Crippen LogP contribution is -2.31. The molecule has 0 spiro atoms. The lowest BCUT2D eigenvalue weighted by molar-refractivity contribution is -0.124. The third-order valence-electron chi connectivity index (χ3n) is 5.08. The van der Waals surface area contributed by atoms with Crippen molar-refractivity contribution in [2.24, 2.45) is 0 Å². The number of ether oxygens (including phenoxy) is 1. The number of carbonyl (C=O) groups is 2. The fourth-order valence-electron chi connectivity index (χ4n) is 3.37. The van der Waals surface area contributed by atoms with Crippen LogP contribution in [0, 0.1) is 0 Å². The Balaban J connectivity index is 1.51. The third-order valence-corrected chi connectivity index (χ3v) is 5.34. The van der Waals surface area contributed by atoms with Crippen molar-refractivity contribution in [3.8, 4) is 16.9 Å². The van der Waals surface area contributed by atoms with Gasteiger partial charge < -0.3 is 10.1 Å². The second-order valence-corrected chi connectivity index (χ2v) is 7.89. The largest absolute Gasteiger partial charge is 0.452 e. The molecule has 1 heterocycles. The molecule has 7 heteroatoms. The summed E-state index contributed by atoms with van der Waals surface area (Å²) < 4.78 is 6.94. The Labute approximate surface area is 196 Å². The van der Waals surface area contributed by atoms with Crippen LogP contribution in [0.1, 0.15) is 28.9 Å². The first-order valence-corrected chi connectivity index (χ1v) is 10.8. The van der Waals surface area contributed by atoms with Gasteiger partial charge in [-0.25, -0.2) is 9.48 Å². The van der Waals surface area contributed by atoms with E-state index in [0.29, 0.717) is 16.3 Å². The number of nitrogens with one attached hydrogen (secondary N) is 1. The smallest absolute Gasteiger partial charge is 0.342 e. The number of hydrogen-bond acceptors (Lipinski definition) is 4. The second-order valence-electron chi connectivity index (χ2n) is 7.45. The maximum absolute atomic E-state index is 12.9. The highest BCUT2D eigenvalue weighted by atomic mass is 35.5. The summed E-state index contributed by atoms with van der Waals surface area (Å²) in [4.78, 5) is 25.3. The molecule has 3 aromatic carbocycles. The maximum atomic E-state index is 12.9. The van der Waals surface area contributed by atoms with Crippen molar-refractivity contribution in [1.29, 1.82) is 0 Å². The molecule has 0 unspecified atom stereocenters. The lowest BCUT2D eigenvalue weighted by Gasteiger charge is -2.14. The van der Waals surface area contributed by atoms with Crippen LogP contribution < -0.4 is 5.32 Å². The number of halogens is 1. The van der Waals surface area contributed by atoms with E-state index in [-0.39, 0.29) is 17.5 Å². The van der Waals surface area contributed by atoms with E-state index in [9.17, 15) is 9.59 Å². The number of carbonyl (C=O) groups excluding carboxylic acids is 2. The van der Waals surface area contributed by atoms with E-state index in [1.807, 2.05) is 67.6 Å². The van der Waals surface area contributed by atoms with E-state index in [4.69, 9.17) is 16.3 Å². The lowest BCUT2D eigenvalue weighted by atomic mass is 10.1. The van der Waals surface area contributed by atoms with E-state index < -0.39 is 12.6 Å². The molecule has 0 aliphatic carbocycles. The molecular weight excluding hydrogens is 438 g/mol. The minimum Gasteiger partial charge on any atom is -0.452 e. The van der Waals surface area contributed by atoms with Gasteiger partial charge in [0.15, 0.2) is 6.61 Å². The van der Waals surface area contributed by atoms with Crippen molar-refractivity contribution in [3.05, 3.63) is 107 Å². The summed E-state index contributed by atoms with van der Waals surface area (Å²) in [5.74, 6) is -1.02. The molecule has 0 aliphatic rings. The van der Waals surface area contributed by atoms with Gasteiger partial charge in [-0.1, -0.05) is 72.3 Å². The van der Waals surface area contributed by atoms with E-state index in [1.54, 1.807) is 35.1 Å². The molecule has 1 N–H and O–H groups in total. The molecule has 0 radical (unpaired) electrons. The van der Waals surface area contributed by atoms with Gasteiger partial charge in [0.2, 0.25) is 0 Å². The van der Waals surface area contributed by atoms with Gasteiger partial charge in [-0.3, -0.25) is 4.79 Å². The predicted octanol–water partition coefficient (Wildman–Crippen LogP) is 5.23. The van der Waals surface area contributed by atoms with E-state index in [2.05, 4.69) is 10.4 Å². The van der Waals surface area contributed by atoms with Crippen LogP contribution in [0.5, 0.6) is 0 Å². The van der Waals surface area contributed by atoms with Gasteiger partial charge in [-0.05, 0) is 36.8 Å². The third kappa shape index (κ3) is 5.48. The van der Waals surface area contributed by atoms with Crippen LogP contribution in [0.2, 0.25) is 5.02 Å². The molecule has 6 nitrogen and oxygen atoms in total. The standard InChI is InChI=1S/C26H22ClN3O3/c1-18(19-8-4-2-5-9-19)28-24(31)17-33-26(32)23-16-30(22-10-6-3-7-11-22)29-25(23)20-12-14-21(27)15-13-20/h2-16,18H,17H2,1H3,(H,28,31)/t18-/m0/s1.